The lowest BCUT2D eigenvalue weighted by molar-refractivity contribution is 0.191. The molecule has 0 saturated heterocycles. The lowest BCUT2D eigenvalue weighted by Gasteiger charge is -2.27. The van der Waals surface area contributed by atoms with Crippen molar-refractivity contribution in [2.45, 2.75) is 12.8 Å². The van der Waals surface area contributed by atoms with Crippen LogP contribution in [0.25, 0.3) is 0 Å². The van der Waals surface area contributed by atoms with E-state index < -0.39 is 0 Å². The van der Waals surface area contributed by atoms with Crippen molar-refractivity contribution in [3.05, 3.63) is 28.2 Å². The van der Waals surface area contributed by atoms with Crippen LogP contribution in [0.15, 0.2) is 22.7 Å². The van der Waals surface area contributed by atoms with E-state index in [0.717, 1.165) is 37.0 Å². The Bertz CT molecular complexity index is 388. The second kappa shape index (κ2) is 10.2. The SMILES string of the molecule is COCCCN(CCOC)c1cc(Br)ccc1CCN. The zero-order valence-electron chi connectivity index (χ0n) is 12.4. The van der Waals surface area contributed by atoms with Crippen molar-refractivity contribution in [1.29, 1.82) is 0 Å². The van der Waals surface area contributed by atoms with Crippen molar-refractivity contribution < 1.29 is 9.47 Å². The normalized spacial score (nSPS) is 10.8. The average molecular weight is 345 g/mol. The zero-order chi connectivity index (χ0) is 14.8. The van der Waals surface area contributed by atoms with Crippen LogP contribution in [0.4, 0.5) is 5.69 Å². The number of hydrogen-bond donors (Lipinski definition) is 1. The van der Waals surface area contributed by atoms with Crippen LogP contribution in [-0.4, -0.2) is 47.1 Å². The van der Waals surface area contributed by atoms with Crippen molar-refractivity contribution in [3.8, 4) is 0 Å². The summed E-state index contributed by atoms with van der Waals surface area (Å²) in [5.41, 5.74) is 8.23. The number of hydrogen-bond acceptors (Lipinski definition) is 4. The van der Waals surface area contributed by atoms with Gasteiger partial charge in [0.1, 0.15) is 0 Å². The molecule has 5 heteroatoms. The molecule has 0 heterocycles. The van der Waals surface area contributed by atoms with E-state index >= 15 is 0 Å². The molecule has 1 aromatic carbocycles. The first kappa shape index (κ1) is 17.4. The van der Waals surface area contributed by atoms with Gasteiger partial charge in [-0.15, -0.1) is 0 Å². The zero-order valence-corrected chi connectivity index (χ0v) is 14.0. The van der Waals surface area contributed by atoms with Crippen molar-refractivity contribution in [2.24, 2.45) is 5.73 Å². The second-order valence-electron chi connectivity index (χ2n) is 4.64. The van der Waals surface area contributed by atoms with Crippen LogP contribution in [-0.2, 0) is 15.9 Å². The number of halogens is 1. The monoisotopic (exact) mass is 344 g/mol. The van der Waals surface area contributed by atoms with E-state index in [1.54, 1.807) is 14.2 Å². The molecule has 0 aliphatic carbocycles. The van der Waals surface area contributed by atoms with Gasteiger partial charge in [0.25, 0.3) is 0 Å². The van der Waals surface area contributed by atoms with Crippen LogP contribution in [0, 0.1) is 0 Å². The van der Waals surface area contributed by atoms with E-state index in [9.17, 15) is 0 Å². The van der Waals surface area contributed by atoms with Gasteiger partial charge in [-0.25, -0.2) is 0 Å². The quantitative estimate of drug-likeness (QED) is 0.662. The number of methoxy groups -OCH3 is 2. The van der Waals surface area contributed by atoms with Crippen LogP contribution in [0.1, 0.15) is 12.0 Å². The van der Waals surface area contributed by atoms with E-state index in [-0.39, 0.29) is 0 Å². The molecule has 0 atom stereocenters. The number of ether oxygens (including phenoxy) is 2. The minimum atomic E-state index is 0.658. The van der Waals surface area contributed by atoms with Crippen LogP contribution >= 0.6 is 15.9 Å². The molecule has 0 aromatic heterocycles. The Kier molecular flexibility index (Phi) is 8.85. The number of nitrogens with zero attached hydrogens (tertiary/aromatic N) is 1. The van der Waals surface area contributed by atoms with Gasteiger partial charge in [0.05, 0.1) is 6.61 Å². The molecule has 1 aromatic rings. The summed E-state index contributed by atoms with van der Waals surface area (Å²) in [5.74, 6) is 0. The van der Waals surface area contributed by atoms with E-state index in [0.29, 0.717) is 13.2 Å². The highest BCUT2D eigenvalue weighted by molar-refractivity contribution is 9.10. The first-order valence-electron chi connectivity index (χ1n) is 6.94. The number of benzene rings is 1. The maximum Gasteiger partial charge on any atom is 0.0637 e. The van der Waals surface area contributed by atoms with E-state index in [1.807, 2.05) is 0 Å². The molecule has 0 saturated carbocycles. The van der Waals surface area contributed by atoms with Crippen LogP contribution in [0.2, 0.25) is 0 Å². The van der Waals surface area contributed by atoms with Gasteiger partial charge in [-0.2, -0.15) is 0 Å². The molecule has 0 amide bonds. The molecular formula is C15H25BrN2O2. The Hall–Kier alpha value is -0.620. The minimum Gasteiger partial charge on any atom is -0.385 e. The van der Waals surface area contributed by atoms with Crippen molar-refractivity contribution in [1.82, 2.24) is 0 Å². The average Bonchev–Trinajstić information content (AvgIpc) is 2.45. The molecule has 20 heavy (non-hydrogen) atoms. The molecule has 0 unspecified atom stereocenters. The van der Waals surface area contributed by atoms with Crippen molar-refractivity contribution in [3.63, 3.8) is 0 Å². The highest BCUT2D eigenvalue weighted by atomic mass is 79.9. The predicted molar refractivity (Wildman–Crippen MR) is 87.5 cm³/mol. The Morgan fingerprint density at radius 1 is 1.15 bits per heavy atom. The standard InChI is InChI=1S/C15H25BrN2O2/c1-19-10-3-8-18(9-11-20-2)15-12-14(16)5-4-13(15)6-7-17/h4-5,12H,3,6-11,17H2,1-2H3. The molecule has 114 valence electrons. The minimum absolute atomic E-state index is 0.658. The molecule has 0 spiro atoms. The van der Waals surface area contributed by atoms with Gasteiger partial charge >= 0.3 is 0 Å². The number of anilines is 1. The molecule has 0 aliphatic heterocycles. The van der Waals surface area contributed by atoms with Gasteiger partial charge in [0.15, 0.2) is 0 Å². The largest absolute Gasteiger partial charge is 0.385 e. The third-order valence-electron chi connectivity index (χ3n) is 3.14. The smallest absolute Gasteiger partial charge is 0.0637 e. The molecule has 4 nitrogen and oxygen atoms in total. The summed E-state index contributed by atoms with van der Waals surface area (Å²) in [7, 11) is 3.47. The van der Waals surface area contributed by atoms with Gasteiger partial charge in [-0.3, -0.25) is 0 Å². The molecule has 0 aliphatic rings. The summed E-state index contributed by atoms with van der Waals surface area (Å²) in [6, 6.07) is 6.37. The summed E-state index contributed by atoms with van der Waals surface area (Å²) < 4.78 is 11.5. The van der Waals surface area contributed by atoms with Gasteiger partial charge in [-0.05, 0) is 37.1 Å². The molecular weight excluding hydrogens is 320 g/mol. The number of nitrogens with two attached hydrogens (primary N) is 1. The topological polar surface area (TPSA) is 47.7 Å². The van der Waals surface area contributed by atoms with Gasteiger partial charge < -0.3 is 20.1 Å². The van der Waals surface area contributed by atoms with E-state index in [2.05, 4.69) is 39.0 Å². The van der Waals surface area contributed by atoms with Crippen molar-refractivity contribution in [2.75, 3.05) is 52.0 Å². The third kappa shape index (κ3) is 5.79. The van der Waals surface area contributed by atoms with Gasteiger partial charge in [-0.1, -0.05) is 22.0 Å². The second-order valence-corrected chi connectivity index (χ2v) is 5.55. The number of rotatable bonds is 10. The summed E-state index contributed by atoms with van der Waals surface area (Å²) in [6.45, 7) is 3.95. The fourth-order valence-corrected chi connectivity index (χ4v) is 2.50. The molecule has 0 radical (unpaired) electrons. The fraction of sp³-hybridized carbons (Fsp3) is 0.600. The lowest BCUT2D eigenvalue weighted by Crippen LogP contribution is -2.30. The van der Waals surface area contributed by atoms with Crippen LogP contribution in [0.5, 0.6) is 0 Å². The van der Waals surface area contributed by atoms with E-state index in [4.69, 9.17) is 15.2 Å². The van der Waals surface area contributed by atoms with Crippen molar-refractivity contribution >= 4 is 21.6 Å². The maximum atomic E-state index is 5.71. The highest BCUT2D eigenvalue weighted by Gasteiger charge is 2.11. The third-order valence-corrected chi connectivity index (χ3v) is 3.64. The van der Waals surface area contributed by atoms with Crippen LogP contribution < -0.4 is 10.6 Å². The van der Waals surface area contributed by atoms with E-state index in [1.165, 1.54) is 11.3 Å². The Morgan fingerprint density at radius 3 is 2.55 bits per heavy atom. The summed E-state index contributed by atoms with van der Waals surface area (Å²) in [5, 5.41) is 0. The summed E-state index contributed by atoms with van der Waals surface area (Å²) in [6.07, 6.45) is 1.88. The maximum absolute atomic E-state index is 5.71. The predicted octanol–water partition coefficient (Wildman–Crippen LogP) is 2.44. The molecule has 2 N–H and O–H groups in total. The first-order valence-corrected chi connectivity index (χ1v) is 7.73. The fourth-order valence-electron chi connectivity index (χ4n) is 2.15. The van der Waals surface area contributed by atoms with Gasteiger partial charge in [0, 0.05) is 44.1 Å². The summed E-state index contributed by atoms with van der Waals surface area (Å²) >= 11 is 3.55. The molecule has 0 bridgehead atoms. The lowest BCUT2D eigenvalue weighted by atomic mass is 10.1. The van der Waals surface area contributed by atoms with Crippen LogP contribution in [0.3, 0.4) is 0 Å². The highest BCUT2D eigenvalue weighted by Crippen LogP contribution is 2.26. The van der Waals surface area contributed by atoms with Gasteiger partial charge in [0.2, 0.25) is 0 Å². The Morgan fingerprint density at radius 2 is 1.90 bits per heavy atom. The Labute approximate surface area is 130 Å². The summed E-state index contributed by atoms with van der Waals surface area (Å²) in [4.78, 5) is 2.35. The molecule has 1 rings (SSSR count). The first-order chi connectivity index (χ1) is 9.72. The Balaban J connectivity index is 2.88. The molecule has 0 fully saturated rings.